The summed E-state index contributed by atoms with van der Waals surface area (Å²) < 4.78 is 13.2. The van der Waals surface area contributed by atoms with Gasteiger partial charge in [0.05, 0.1) is 0 Å². The van der Waals surface area contributed by atoms with Gasteiger partial charge in [0, 0.05) is 28.7 Å². The summed E-state index contributed by atoms with van der Waals surface area (Å²) in [6, 6.07) is 19.5. The molecule has 162 valence electrons. The summed E-state index contributed by atoms with van der Waals surface area (Å²) in [7, 11) is 0. The van der Waals surface area contributed by atoms with Gasteiger partial charge in [-0.25, -0.2) is 4.39 Å². The highest BCUT2D eigenvalue weighted by atomic mass is 35.5. The van der Waals surface area contributed by atoms with Crippen LogP contribution in [0.1, 0.15) is 47.8 Å². The van der Waals surface area contributed by atoms with E-state index in [-0.39, 0.29) is 17.1 Å². The zero-order valence-corrected chi connectivity index (χ0v) is 19.5. The van der Waals surface area contributed by atoms with Gasteiger partial charge in [0.15, 0.2) is 0 Å². The van der Waals surface area contributed by atoms with Gasteiger partial charge in [-0.15, -0.1) is 0 Å². The van der Waals surface area contributed by atoms with E-state index < -0.39 is 0 Å². The molecule has 0 saturated heterocycles. The molecule has 5 heteroatoms. The zero-order chi connectivity index (χ0) is 22.6. The third-order valence-electron chi connectivity index (χ3n) is 5.17. The topological polar surface area (TPSA) is 20.3 Å². The Hall–Kier alpha value is -2.36. The summed E-state index contributed by atoms with van der Waals surface area (Å²) in [6.07, 6.45) is 0.612. The first-order valence-corrected chi connectivity index (χ1v) is 11.0. The molecule has 3 rings (SSSR count). The van der Waals surface area contributed by atoms with Gasteiger partial charge in [0.1, 0.15) is 5.82 Å². The Morgan fingerprint density at radius 2 is 1.42 bits per heavy atom. The van der Waals surface area contributed by atoms with Crippen LogP contribution in [0.4, 0.5) is 4.39 Å². The van der Waals surface area contributed by atoms with Gasteiger partial charge in [-0.1, -0.05) is 80.4 Å². The third-order valence-corrected chi connectivity index (χ3v) is 5.61. The summed E-state index contributed by atoms with van der Waals surface area (Å²) in [5.41, 5.74) is 3.75. The van der Waals surface area contributed by atoms with Crippen LogP contribution >= 0.6 is 23.2 Å². The molecule has 0 heterocycles. The second-order valence-corrected chi connectivity index (χ2v) is 9.58. The van der Waals surface area contributed by atoms with Gasteiger partial charge in [-0.3, -0.25) is 4.79 Å². The van der Waals surface area contributed by atoms with Crippen LogP contribution in [-0.4, -0.2) is 17.4 Å². The fraction of sp³-hybridized carbons (Fsp3) is 0.269. The number of hydrogen-bond acceptors (Lipinski definition) is 1. The Morgan fingerprint density at radius 1 is 0.871 bits per heavy atom. The molecule has 0 atom stereocenters. The molecule has 0 spiro atoms. The second-order valence-electron chi connectivity index (χ2n) is 8.71. The Bertz CT molecular complexity index is 1020. The van der Waals surface area contributed by atoms with Gasteiger partial charge >= 0.3 is 0 Å². The van der Waals surface area contributed by atoms with Crippen molar-refractivity contribution in [3.8, 4) is 0 Å². The average Bonchev–Trinajstić information content (AvgIpc) is 2.71. The van der Waals surface area contributed by atoms with E-state index in [9.17, 15) is 9.18 Å². The van der Waals surface area contributed by atoms with E-state index in [1.165, 1.54) is 17.7 Å². The minimum absolute atomic E-state index is 0.0636. The lowest BCUT2D eigenvalue weighted by molar-refractivity contribution is 0.0745. The van der Waals surface area contributed by atoms with Crippen molar-refractivity contribution in [1.82, 2.24) is 4.90 Å². The van der Waals surface area contributed by atoms with Crippen LogP contribution in [0.15, 0.2) is 66.7 Å². The molecule has 0 aliphatic rings. The smallest absolute Gasteiger partial charge is 0.254 e. The van der Waals surface area contributed by atoms with Crippen LogP contribution in [0.5, 0.6) is 0 Å². The summed E-state index contributed by atoms with van der Waals surface area (Å²) in [5, 5.41) is 0.840. The highest BCUT2D eigenvalue weighted by molar-refractivity contribution is 6.35. The lowest BCUT2D eigenvalue weighted by Crippen LogP contribution is -2.32. The molecular weight excluding hydrogens is 432 g/mol. The molecule has 3 aromatic carbocycles. The summed E-state index contributed by atoms with van der Waals surface area (Å²) in [6.45, 7) is 7.44. The average molecular weight is 458 g/mol. The van der Waals surface area contributed by atoms with Crippen molar-refractivity contribution in [3.05, 3.63) is 105 Å². The van der Waals surface area contributed by atoms with E-state index in [2.05, 4.69) is 45.0 Å². The first kappa shape index (κ1) is 23.3. The van der Waals surface area contributed by atoms with Crippen molar-refractivity contribution < 1.29 is 9.18 Å². The minimum Gasteiger partial charge on any atom is -0.334 e. The fourth-order valence-electron chi connectivity index (χ4n) is 3.36. The van der Waals surface area contributed by atoms with E-state index in [4.69, 9.17) is 23.2 Å². The second kappa shape index (κ2) is 9.84. The molecule has 2 nitrogen and oxygen atoms in total. The predicted molar refractivity (Wildman–Crippen MR) is 126 cm³/mol. The Morgan fingerprint density at radius 3 is 1.97 bits per heavy atom. The minimum atomic E-state index is -0.274. The maximum atomic E-state index is 13.3. The van der Waals surface area contributed by atoms with Crippen molar-refractivity contribution in [2.24, 2.45) is 0 Å². The van der Waals surface area contributed by atoms with Gasteiger partial charge in [0.25, 0.3) is 5.91 Å². The molecule has 31 heavy (non-hydrogen) atoms. The molecule has 0 aromatic heterocycles. The summed E-state index contributed by atoms with van der Waals surface area (Å²) in [5.74, 6) is -0.421. The molecule has 0 aliphatic carbocycles. The fourth-order valence-corrected chi connectivity index (χ4v) is 3.88. The van der Waals surface area contributed by atoms with Crippen LogP contribution in [0.3, 0.4) is 0 Å². The van der Waals surface area contributed by atoms with Crippen molar-refractivity contribution in [3.63, 3.8) is 0 Å². The molecule has 3 aromatic rings. The Kier molecular flexibility index (Phi) is 7.40. The maximum Gasteiger partial charge on any atom is 0.254 e. The van der Waals surface area contributed by atoms with E-state index in [0.29, 0.717) is 35.1 Å². The standard InChI is InChI=1S/C26H26Cl2FNO/c1-26(2,3)21-8-4-19(5-9-21)17-30(13-12-18-6-10-24(29)11-7-18)25(31)20-14-22(27)16-23(28)15-20/h4-11,14-16H,12-13,17H2,1-3H3. The monoisotopic (exact) mass is 457 g/mol. The molecule has 0 saturated carbocycles. The van der Waals surface area contributed by atoms with Gasteiger partial charge < -0.3 is 4.90 Å². The van der Waals surface area contributed by atoms with Crippen LogP contribution in [0, 0.1) is 5.82 Å². The lowest BCUT2D eigenvalue weighted by Gasteiger charge is -2.24. The number of rotatable bonds is 6. The van der Waals surface area contributed by atoms with E-state index in [1.807, 2.05) is 0 Å². The highest BCUT2D eigenvalue weighted by Gasteiger charge is 2.19. The van der Waals surface area contributed by atoms with E-state index >= 15 is 0 Å². The number of amides is 1. The number of benzene rings is 3. The first-order chi connectivity index (χ1) is 14.6. The quantitative estimate of drug-likeness (QED) is 0.379. The third kappa shape index (κ3) is 6.56. The van der Waals surface area contributed by atoms with E-state index in [1.54, 1.807) is 35.2 Å². The van der Waals surface area contributed by atoms with Gasteiger partial charge in [-0.2, -0.15) is 0 Å². The highest BCUT2D eigenvalue weighted by Crippen LogP contribution is 2.24. The molecule has 0 bridgehead atoms. The first-order valence-electron chi connectivity index (χ1n) is 10.2. The van der Waals surface area contributed by atoms with Crippen LogP contribution in [0.2, 0.25) is 10.0 Å². The zero-order valence-electron chi connectivity index (χ0n) is 18.0. The molecule has 0 N–H and O–H groups in total. The normalized spacial score (nSPS) is 11.4. The molecule has 1 amide bonds. The summed E-state index contributed by atoms with van der Waals surface area (Å²) in [4.78, 5) is 15.1. The van der Waals surface area contributed by atoms with Crippen LogP contribution in [-0.2, 0) is 18.4 Å². The van der Waals surface area contributed by atoms with Gasteiger partial charge in [-0.05, 0) is 58.9 Å². The molecular formula is C26H26Cl2FNO. The molecule has 0 fully saturated rings. The van der Waals surface area contributed by atoms with E-state index in [0.717, 1.165) is 11.1 Å². The lowest BCUT2D eigenvalue weighted by atomic mass is 9.87. The van der Waals surface area contributed by atoms with Crippen molar-refractivity contribution >= 4 is 29.1 Å². The molecule has 0 aliphatic heterocycles. The Labute approximate surface area is 193 Å². The largest absolute Gasteiger partial charge is 0.334 e. The van der Waals surface area contributed by atoms with Crippen LogP contribution in [0.25, 0.3) is 0 Å². The predicted octanol–water partition coefficient (Wildman–Crippen LogP) is 7.32. The summed E-state index contributed by atoms with van der Waals surface area (Å²) >= 11 is 12.2. The van der Waals surface area contributed by atoms with Crippen molar-refractivity contribution in [1.29, 1.82) is 0 Å². The van der Waals surface area contributed by atoms with Crippen LogP contribution < -0.4 is 0 Å². The number of halogens is 3. The SMILES string of the molecule is CC(C)(C)c1ccc(CN(CCc2ccc(F)cc2)C(=O)c2cc(Cl)cc(Cl)c2)cc1. The number of hydrogen-bond donors (Lipinski definition) is 0. The maximum absolute atomic E-state index is 13.3. The molecule has 0 radical (unpaired) electrons. The molecule has 0 unspecified atom stereocenters. The van der Waals surface area contributed by atoms with Crippen molar-refractivity contribution in [2.45, 2.75) is 39.2 Å². The van der Waals surface area contributed by atoms with Crippen molar-refractivity contribution in [2.75, 3.05) is 6.54 Å². The number of carbonyl (C=O) groups excluding carboxylic acids is 1. The Balaban J connectivity index is 1.83. The van der Waals surface area contributed by atoms with Gasteiger partial charge in [0.2, 0.25) is 0 Å². The number of carbonyl (C=O) groups is 1. The number of nitrogens with zero attached hydrogens (tertiary/aromatic N) is 1.